The number of hydrazone groups is 1. The Kier molecular flexibility index (Phi) is 5.40. The molecule has 1 amide bonds. The van der Waals surface area contributed by atoms with Crippen molar-refractivity contribution in [3.63, 3.8) is 0 Å². The predicted molar refractivity (Wildman–Crippen MR) is 95.2 cm³/mol. The number of nitro benzene ring substituents is 1. The van der Waals surface area contributed by atoms with E-state index < -0.39 is 10.8 Å². The number of carbonyl (C=O) groups is 1. The molecule has 130 valence electrons. The fourth-order valence-corrected chi connectivity index (χ4v) is 2.75. The average molecular weight is 368 g/mol. The molecule has 0 atom stereocenters. The Bertz CT molecular complexity index is 956. The van der Waals surface area contributed by atoms with Crippen LogP contribution in [0, 0.1) is 10.1 Å². The molecule has 26 heavy (non-hydrogen) atoms. The zero-order valence-electron chi connectivity index (χ0n) is 13.2. The smallest absolute Gasteiger partial charge is 0.282 e. The molecule has 0 aliphatic carbocycles. The van der Waals surface area contributed by atoms with Gasteiger partial charge < -0.3 is 4.42 Å². The van der Waals surface area contributed by atoms with Crippen LogP contribution in [0.2, 0.25) is 0 Å². The van der Waals surface area contributed by atoms with E-state index in [0.717, 1.165) is 5.03 Å². The number of benzene rings is 1. The van der Waals surface area contributed by atoms with E-state index in [9.17, 15) is 14.9 Å². The molecular formula is C17H12N4O4S. The van der Waals surface area contributed by atoms with Crippen LogP contribution >= 0.6 is 11.8 Å². The number of carbonyl (C=O) groups excluding carboxylic acids is 1. The molecule has 3 rings (SSSR count). The van der Waals surface area contributed by atoms with E-state index in [1.165, 1.54) is 36.2 Å². The summed E-state index contributed by atoms with van der Waals surface area (Å²) in [7, 11) is 0. The van der Waals surface area contributed by atoms with Gasteiger partial charge in [0.25, 0.3) is 11.6 Å². The van der Waals surface area contributed by atoms with Gasteiger partial charge in [0.05, 0.1) is 11.1 Å². The molecule has 0 aliphatic rings. The van der Waals surface area contributed by atoms with Gasteiger partial charge in [-0.1, -0.05) is 18.2 Å². The molecule has 2 aromatic heterocycles. The van der Waals surface area contributed by atoms with Crippen molar-refractivity contribution in [2.45, 2.75) is 10.1 Å². The molecule has 0 saturated carbocycles. The molecule has 8 nitrogen and oxygen atoms in total. The van der Waals surface area contributed by atoms with E-state index in [1.54, 1.807) is 24.4 Å². The van der Waals surface area contributed by atoms with Crippen LogP contribution in [0.5, 0.6) is 0 Å². The van der Waals surface area contributed by atoms with Crippen LogP contribution in [-0.2, 0) is 0 Å². The van der Waals surface area contributed by atoms with Crippen LogP contribution in [0.15, 0.2) is 80.4 Å². The summed E-state index contributed by atoms with van der Waals surface area (Å²) in [6.45, 7) is 0. The van der Waals surface area contributed by atoms with Crippen LogP contribution in [0.1, 0.15) is 16.1 Å². The number of amides is 1. The minimum Gasteiger partial charge on any atom is -0.448 e. The number of pyridine rings is 1. The second kappa shape index (κ2) is 8.08. The highest BCUT2D eigenvalue weighted by Crippen LogP contribution is 2.26. The van der Waals surface area contributed by atoms with Crippen LogP contribution in [0.3, 0.4) is 0 Å². The predicted octanol–water partition coefficient (Wildman–Crippen LogP) is 3.50. The summed E-state index contributed by atoms with van der Waals surface area (Å²) in [4.78, 5) is 26.5. The van der Waals surface area contributed by atoms with Gasteiger partial charge in [-0.25, -0.2) is 10.4 Å². The molecule has 1 N–H and O–H groups in total. The molecule has 0 unspecified atom stereocenters. The van der Waals surface area contributed by atoms with Crippen molar-refractivity contribution in [1.82, 2.24) is 10.4 Å². The Morgan fingerprint density at radius 3 is 2.77 bits per heavy atom. The number of hydrogen-bond acceptors (Lipinski definition) is 7. The van der Waals surface area contributed by atoms with Crippen molar-refractivity contribution in [2.24, 2.45) is 5.10 Å². The van der Waals surface area contributed by atoms with Crippen molar-refractivity contribution in [3.05, 3.63) is 82.2 Å². The van der Waals surface area contributed by atoms with Gasteiger partial charge >= 0.3 is 0 Å². The Balaban J connectivity index is 1.63. The Morgan fingerprint density at radius 2 is 2.00 bits per heavy atom. The zero-order chi connectivity index (χ0) is 18.4. The maximum absolute atomic E-state index is 12.0. The highest BCUT2D eigenvalue weighted by Gasteiger charge is 2.18. The summed E-state index contributed by atoms with van der Waals surface area (Å²) in [5.41, 5.74) is 1.89. The molecule has 0 radical (unpaired) electrons. The third kappa shape index (κ3) is 4.33. The standard InChI is InChI=1S/C17H12N4O4S/c22-17(13-5-1-2-6-14(13)21(23)24)20-19-11-12-8-9-16(25-12)26-15-7-3-4-10-18-15/h1-11H,(H,20,22). The van der Waals surface area contributed by atoms with Crippen molar-refractivity contribution in [1.29, 1.82) is 0 Å². The summed E-state index contributed by atoms with van der Waals surface area (Å²) >= 11 is 1.35. The first-order chi connectivity index (χ1) is 12.6. The summed E-state index contributed by atoms with van der Waals surface area (Å²) in [5, 5.41) is 16.1. The monoisotopic (exact) mass is 368 g/mol. The fraction of sp³-hybridized carbons (Fsp3) is 0. The Hall–Kier alpha value is -3.46. The molecule has 0 fully saturated rings. The normalized spacial score (nSPS) is 10.8. The number of furan rings is 1. The van der Waals surface area contributed by atoms with E-state index in [1.807, 2.05) is 18.2 Å². The van der Waals surface area contributed by atoms with Gasteiger partial charge in [-0.15, -0.1) is 0 Å². The van der Waals surface area contributed by atoms with Gasteiger partial charge in [0, 0.05) is 12.3 Å². The quantitative estimate of drug-likeness (QED) is 0.405. The summed E-state index contributed by atoms with van der Waals surface area (Å²) in [6.07, 6.45) is 3.00. The lowest BCUT2D eigenvalue weighted by molar-refractivity contribution is -0.385. The average Bonchev–Trinajstić information content (AvgIpc) is 3.09. The number of para-hydroxylation sites is 1. The molecule has 0 saturated heterocycles. The van der Waals surface area contributed by atoms with Gasteiger partial charge in [-0.3, -0.25) is 14.9 Å². The van der Waals surface area contributed by atoms with Crippen LogP contribution in [-0.4, -0.2) is 22.0 Å². The van der Waals surface area contributed by atoms with Crippen molar-refractivity contribution in [2.75, 3.05) is 0 Å². The molecular weight excluding hydrogens is 356 g/mol. The minimum absolute atomic E-state index is 0.0690. The number of nitrogens with one attached hydrogen (secondary N) is 1. The molecule has 9 heteroatoms. The lowest BCUT2D eigenvalue weighted by atomic mass is 10.2. The van der Waals surface area contributed by atoms with E-state index >= 15 is 0 Å². The first-order valence-electron chi connectivity index (χ1n) is 7.39. The maximum atomic E-state index is 12.0. The highest BCUT2D eigenvalue weighted by molar-refractivity contribution is 7.99. The van der Waals surface area contributed by atoms with Crippen LogP contribution in [0.4, 0.5) is 5.69 Å². The van der Waals surface area contributed by atoms with E-state index in [0.29, 0.717) is 10.9 Å². The van der Waals surface area contributed by atoms with Gasteiger partial charge in [-0.2, -0.15) is 5.10 Å². The molecule has 0 aliphatic heterocycles. The Labute approximate surface area is 152 Å². The van der Waals surface area contributed by atoms with E-state index in [2.05, 4.69) is 15.5 Å². The topological polar surface area (TPSA) is 111 Å². The third-order valence-electron chi connectivity index (χ3n) is 3.15. The SMILES string of the molecule is O=C(NN=Cc1ccc(Sc2ccccn2)o1)c1ccccc1[N+](=O)[O-]. The van der Waals surface area contributed by atoms with E-state index in [-0.39, 0.29) is 11.3 Å². The molecule has 3 aromatic rings. The van der Waals surface area contributed by atoms with Crippen LogP contribution in [0.25, 0.3) is 0 Å². The minimum atomic E-state index is -0.678. The number of hydrogen-bond donors (Lipinski definition) is 1. The molecule has 0 spiro atoms. The Morgan fingerprint density at radius 1 is 1.19 bits per heavy atom. The maximum Gasteiger partial charge on any atom is 0.282 e. The number of nitro groups is 1. The molecule has 2 heterocycles. The molecule has 1 aromatic carbocycles. The first kappa shape index (κ1) is 17.4. The van der Waals surface area contributed by atoms with Gasteiger partial charge in [-0.05, 0) is 42.1 Å². The highest BCUT2D eigenvalue weighted by atomic mass is 32.2. The number of nitrogens with zero attached hydrogens (tertiary/aromatic N) is 3. The summed E-state index contributed by atoms with van der Waals surface area (Å²) < 4.78 is 5.55. The zero-order valence-corrected chi connectivity index (χ0v) is 14.1. The van der Waals surface area contributed by atoms with Crippen molar-refractivity contribution >= 4 is 29.6 Å². The number of aromatic nitrogens is 1. The first-order valence-corrected chi connectivity index (χ1v) is 8.20. The van der Waals surface area contributed by atoms with Crippen LogP contribution < -0.4 is 5.43 Å². The van der Waals surface area contributed by atoms with Gasteiger partial charge in [0.2, 0.25) is 0 Å². The largest absolute Gasteiger partial charge is 0.448 e. The fourth-order valence-electron chi connectivity index (χ4n) is 2.01. The lowest BCUT2D eigenvalue weighted by Gasteiger charge is -2.00. The second-order valence-corrected chi connectivity index (χ2v) is 5.92. The third-order valence-corrected chi connectivity index (χ3v) is 4.02. The van der Waals surface area contributed by atoms with E-state index in [4.69, 9.17) is 4.42 Å². The lowest BCUT2D eigenvalue weighted by Crippen LogP contribution is -2.18. The summed E-state index contributed by atoms with van der Waals surface area (Å²) in [5.74, 6) is -0.255. The summed E-state index contributed by atoms with van der Waals surface area (Å²) in [6, 6.07) is 14.6. The number of rotatable bonds is 6. The van der Waals surface area contributed by atoms with Gasteiger partial charge in [0.1, 0.15) is 16.3 Å². The van der Waals surface area contributed by atoms with Crippen molar-refractivity contribution in [3.8, 4) is 0 Å². The molecule has 0 bridgehead atoms. The van der Waals surface area contributed by atoms with Gasteiger partial charge in [0.15, 0.2) is 5.09 Å². The second-order valence-electron chi connectivity index (χ2n) is 4.90. The van der Waals surface area contributed by atoms with Crippen molar-refractivity contribution < 1.29 is 14.1 Å².